The molecule has 2 aromatic rings. The molecular weight excluding hydrogens is 280 g/mol. The molecule has 0 bridgehead atoms. The number of aliphatic hydroxyl groups excluding tert-OH is 1. The fourth-order valence-corrected chi connectivity index (χ4v) is 3.47. The first-order valence-electron chi connectivity index (χ1n) is 8.52. The molecule has 0 fully saturated rings. The van der Waals surface area contributed by atoms with Crippen molar-refractivity contribution in [3.8, 4) is 11.1 Å². The van der Waals surface area contributed by atoms with Crippen molar-refractivity contribution in [2.24, 2.45) is 0 Å². The molecule has 0 saturated carbocycles. The fourth-order valence-electron chi connectivity index (χ4n) is 3.47. The second-order valence-corrected chi connectivity index (χ2v) is 8.88. The van der Waals surface area contributed by atoms with Crippen LogP contribution in [0.4, 0.5) is 0 Å². The third kappa shape index (κ3) is 2.83. The Kier molecular flexibility index (Phi) is 3.68. The predicted octanol–water partition coefficient (Wildman–Crippen LogP) is 5.35. The van der Waals surface area contributed by atoms with Crippen LogP contribution < -0.4 is 0 Å². The van der Waals surface area contributed by atoms with Crippen LogP contribution >= 0.6 is 0 Å². The van der Waals surface area contributed by atoms with Crippen molar-refractivity contribution in [2.75, 3.05) is 0 Å². The summed E-state index contributed by atoms with van der Waals surface area (Å²) >= 11 is 0. The number of rotatable bonds is 1. The smallest absolute Gasteiger partial charge is 0.0688 e. The van der Waals surface area contributed by atoms with E-state index in [0.29, 0.717) is 0 Å². The van der Waals surface area contributed by atoms with E-state index in [9.17, 15) is 5.11 Å². The Bertz CT molecular complexity index is 755. The molecule has 1 nitrogen and oxygen atoms in total. The molecule has 0 saturated heterocycles. The van der Waals surface area contributed by atoms with E-state index in [1.807, 2.05) is 0 Å². The standard InChI is InChI=1S/C22H28O/c1-21(2,3)17-7-8-19-14(10-17)9-15-11-18(22(4,5)6)12-16(13-23)20(15)19/h7-8,10-12,23H,9,13H2,1-6H3. The third-order valence-corrected chi connectivity index (χ3v) is 4.96. The minimum absolute atomic E-state index is 0.101. The van der Waals surface area contributed by atoms with Gasteiger partial charge in [0.2, 0.25) is 0 Å². The quantitative estimate of drug-likeness (QED) is 0.643. The number of aliphatic hydroxyl groups is 1. The third-order valence-electron chi connectivity index (χ3n) is 4.96. The summed E-state index contributed by atoms with van der Waals surface area (Å²) in [6.07, 6.45) is 0.978. The van der Waals surface area contributed by atoms with Crippen molar-refractivity contribution in [2.45, 2.75) is 65.4 Å². The maximum atomic E-state index is 9.90. The summed E-state index contributed by atoms with van der Waals surface area (Å²) in [5, 5.41) is 9.90. The summed E-state index contributed by atoms with van der Waals surface area (Å²) in [5.74, 6) is 0. The van der Waals surface area contributed by atoms with E-state index >= 15 is 0 Å². The van der Waals surface area contributed by atoms with Crippen LogP contribution in [0.5, 0.6) is 0 Å². The Morgan fingerprint density at radius 1 is 0.826 bits per heavy atom. The molecule has 1 heteroatoms. The topological polar surface area (TPSA) is 20.2 Å². The molecule has 0 spiro atoms. The van der Waals surface area contributed by atoms with Crippen LogP contribution in [0, 0.1) is 0 Å². The lowest BCUT2D eigenvalue weighted by Gasteiger charge is -2.22. The molecule has 0 aliphatic heterocycles. The molecule has 0 amide bonds. The van der Waals surface area contributed by atoms with Gasteiger partial charge in [-0.3, -0.25) is 0 Å². The average molecular weight is 308 g/mol. The summed E-state index contributed by atoms with van der Waals surface area (Å²) in [4.78, 5) is 0. The lowest BCUT2D eigenvalue weighted by molar-refractivity contribution is 0.282. The van der Waals surface area contributed by atoms with E-state index in [0.717, 1.165) is 12.0 Å². The zero-order valence-corrected chi connectivity index (χ0v) is 15.2. The lowest BCUT2D eigenvalue weighted by atomic mass is 9.83. The highest BCUT2D eigenvalue weighted by atomic mass is 16.3. The van der Waals surface area contributed by atoms with Crippen LogP contribution in [0.2, 0.25) is 0 Å². The highest BCUT2D eigenvalue weighted by Gasteiger charge is 2.26. The Morgan fingerprint density at radius 2 is 1.43 bits per heavy atom. The lowest BCUT2D eigenvalue weighted by Crippen LogP contribution is -2.12. The van der Waals surface area contributed by atoms with E-state index in [2.05, 4.69) is 71.9 Å². The van der Waals surface area contributed by atoms with Gasteiger partial charge in [-0.1, -0.05) is 71.9 Å². The van der Waals surface area contributed by atoms with Crippen molar-refractivity contribution < 1.29 is 5.11 Å². The number of hydrogen-bond donors (Lipinski definition) is 1. The summed E-state index contributed by atoms with van der Waals surface area (Å²) in [6, 6.07) is 11.4. The van der Waals surface area contributed by atoms with Gasteiger partial charge in [-0.15, -0.1) is 0 Å². The van der Waals surface area contributed by atoms with Gasteiger partial charge < -0.3 is 5.11 Å². The molecule has 0 unspecified atom stereocenters. The zero-order valence-electron chi connectivity index (χ0n) is 15.2. The summed E-state index contributed by atoms with van der Waals surface area (Å²) in [5.41, 5.74) is 9.35. The first-order chi connectivity index (χ1) is 10.6. The molecule has 1 aliphatic rings. The van der Waals surface area contributed by atoms with Gasteiger partial charge in [0.1, 0.15) is 0 Å². The molecule has 0 atom stereocenters. The molecule has 1 aliphatic carbocycles. The Labute approximate surface area is 140 Å². The van der Waals surface area contributed by atoms with Crippen LogP contribution in [0.3, 0.4) is 0 Å². The SMILES string of the molecule is CC(C)(C)c1ccc2c(c1)Cc1cc(C(C)(C)C)cc(CO)c1-2. The first-order valence-corrected chi connectivity index (χ1v) is 8.52. The van der Waals surface area contributed by atoms with E-state index in [1.54, 1.807) is 0 Å². The molecule has 0 radical (unpaired) electrons. The van der Waals surface area contributed by atoms with Crippen LogP contribution in [0.25, 0.3) is 11.1 Å². The van der Waals surface area contributed by atoms with Crippen LogP contribution in [-0.4, -0.2) is 5.11 Å². The van der Waals surface area contributed by atoms with E-state index in [-0.39, 0.29) is 17.4 Å². The van der Waals surface area contributed by atoms with Gasteiger partial charge in [0.25, 0.3) is 0 Å². The minimum Gasteiger partial charge on any atom is -0.392 e. The predicted molar refractivity (Wildman–Crippen MR) is 98.0 cm³/mol. The van der Waals surface area contributed by atoms with Gasteiger partial charge in [-0.2, -0.15) is 0 Å². The Morgan fingerprint density at radius 3 is 2.00 bits per heavy atom. The van der Waals surface area contributed by atoms with Crippen molar-refractivity contribution >= 4 is 0 Å². The second-order valence-electron chi connectivity index (χ2n) is 8.88. The van der Waals surface area contributed by atoms with E-state index in [4.69, 9.17) is 0 Å². The summed E-state index contributed by atoms with van der Waals surface area (Å²) in [6.45, 7) is 13.6. The molecule has 0 aromatic heterocycles. The normalized spacial score (nSPS) is 13.9. The number of benzene rings is 2. The molecule has 122 valence electrons. The molecule has 23 heavy (non-hydrogen) atoms. The largest absolute Gasteiger partial charge is 0.392 e. The fraction of sp³-hybridized carbons (Fsp3) is 0.455. The van der Waals surface area contributed by atoms with Crippen molar-refractivity contribution in [3.63, 3.8) is 0 Å². The van der Waals surface area contributed by atoms with Gasteiger partial charge in [0, 0.05) is 0 Å². The van der Waals surface area contributed by atoms with Gasteiger partial charge in [0.15, 0.2) is 0 Å². The van der Waals surface area contributed by atoms with E-state index in [1.165, 1.54) is 33.4 Å². The van der Waals surface area contributed by atoms with Crippen LogP contribution in [0.1, 0.15) is 69.4 Å². The molecule has 3 rings (SSSR count). The van der Waals surface area contributed by atoms with Gasteiger partial charge in [0.05, 0.1) is 6.61 Å². The van der Waals surface area contributed by atoms with Crippen LogP contribution in [-0.2, 0) is 23.9 Å². The monoisotopic (exact) mass is 308 g/mol. The van der Waals surface area contributed by atoms with Gasteiger partial charge in [-0.05, 0) is 56.2 Å². The van der Waals surface area contributed by atoms with Crippen LogP contribution in [0.15, 0.2) is 30.3 Å². The second kappa shape index (κ2) is 5.21. The maximum absolute atomic E-state index is 9.90. The van der Waals surface area contributed by atoms with Crippen molar-refractivity contribution in [1.29, 1.82) is 0 Å². The molecule has 0 heterocycles. The molecule has 1 N–H and O–H groups in total. The number of hydrogen-bond acceptors (Lipinski definition) is 1. The first kappa shape index (κ1) is 16.3. The van der Waals surface area contributed by atoms with Gasteiger partial charge in [-0.25, -0.2) is 0 Å². The summed E-state index contributed by atoms with van der Waals surface area (Å²) < 4.78 is 0. The molecular formula is C22H28O. The van der Waals surface area contributed by atoms with Crippen molar-refractivity contribution in [3.05, 3.63) is 58.1 Å². The summed E-state index contributed by atoms with van der Waals surface area (Å²) in [7, 11) is 0. The zero-order chi connectivity index (χ0) is 17.0. The number of fused-ring (bicyclic) bond motifs is 3. The maximum Gasteiger partial charge on any atom is 0.0688 e. The average Bonchev–Trinajstić information content (AvgIpc) is 2.81. The molecule has 2 aromatic carbocycles. The van der Waals surface area contributed by atoms with Crippen molar-refractivity contribution in [1.82, 2.24) is 0 Å². The Hall–Kier alpha value is -1.60. The van der Waals surface area contributed by atoms with E-state index < -0.39 is 0 Å². The highest BCUT2D eigenvalue weighted by Crippen LogP contribution is 2.42. The minimum atomic E-state index is 0.101. The highest BCUT2D eigenvalue weighted by molar-refractivity contribution is 5.80. The van der Waals surface area contributed by atoms with Gasteiger partial charge >= 0.3 is 0 Å². The Balaban J connectivity index is 2.16.